The Morgan fingerprint density at radius 3 is 2.50 bits per heavy atom. The highest BCUT2D eigenvalue weighted by Crippen LogP contribution is 2.32. The lowest BCUT2D eigenvalue weighted by atomic mass is 9.94. The summed E-state index contributed by atoms with van der Waals surface area (Å²) in [6.45, 7) is 7.30. The molecule has 2 aromatic rings. The summed E-state index contributed by atoms with van der Waals surface area (Å²) in [5, 5.41) is 4.31. The molecule has 0 saturated heterocycles. The SMILES string of the molecule is CCNC(c1ccc(C)cc1C)c1cc(Cl)ccc1Br. The predicted octanol–water partition coefficient (Wildman–Crippen LogP) is 5.42. The van der Waals surface area contributed by atoms with Gasteiger partial charge in [-0.2, -0.15) is 0 Å². The maximum Gasteiger partial charge on any atom is 0.0590 e. The van der Waals surface area contributed by atoms with Gasteiger partial charge in [-0.1, -0.05) is 58.2 Å². The molecule has 106 valence electrons. The van der Waals surface area contributed by atoms with Crippen LogP contribution in [0.15, 0.2) is 40.9 Å². The summed E-state index contributed by atoms with van der Waals surface area (Å²) < 4.78 is 1.08. The lowest BCUT2D eigenvalue weighted by Crippen LogP contribution is -2.23. The molecule has 0 bridgehead atoms. The minimum atomic E-state index is 0.147. The topological polar surface area (TPSA) is 12.0 Å². The van der Waals surface area contributed by atoms with Crippen LogP contribution in [0, 0.1) is 13.8 Å². The molecule has 2 aromatic carbocycles. The van der Waals surface area contributed by atoms with Gasteiger partial charge in [0.1, 0.15) is 0 Å². The molecule has 0 saturated carbocycles. The first-order chi connectivity index (χ1) is 9.52. The zero-order chi connectivity index (χ0) is 14.7. The fourth-order valence-electron chi connectivity index (χ4n) is 2.48. The molecule has 0 aliphatic heterocycles. The van der Waals surface area contributed by atoms with E-state index in [2.05, 4.69) is 60.2 Å². The molecule has 20 heavy (non-hydrogen) atoms. The van der Waals surface area contributed by atoms with Crippen LogP contribution in [0.2, 0.25) is 5.02 Å². The second-order valence-electron chi connectivity index (χ2n) is 5.02. The highest BCUT2D eigenvalue weighted by molar-refractivity contribution is 9.10. The van der Waals surface area contributed by atoms with Gasteiger partial charge >= 0.3 is 0 Å². The molecule has 0 amide bonds. The number of aryl methyl sites for hydroxylation is 2. The van der Waals surface area contributed by atoms with Crippen LogP contribution < -0.4 is 5.32 Å². The Kier molecular flexibility index (Phi) is 5.25. The number of benzene rings is 2. The molecule has 1 N–H and O–H groups in total. The van der Waals surface area contributed by atoms with E-state index in [1.54, 1.807) is 0 Å². The lowest BCUT2D eigenvalue weighted by molar-refractivity contribution is 0.625. The maximum atomic E-state index is 6.16. The summed E-state index contributed by atoms with van der Waals surface area (Å²) >= 11 is 9.80. The van der Waals surface area contributed by atoms with Crippen LogP contribution in [0.4, 0.5) is 0 Å². The summed E-state index contributed by atoms with van der Waals surface area (Å²) in [5.74, 6) is 0. The van der Waals surface area contributed by atoms with Crippen molar-refractivity contribution >= 4 is 27.5 Å². The van der Waals surface area contributed by atoms with Crippen LogP contribution in [-0.4, -0.2) is 6.54 Å². The third-order valence-corrected chi connectivity index (χ3v) is 4.37. The van der Waals surface area contributed by atoms with Crippen LogP contribution in [0.25, 0.3) is 0 Å². The Hall–Kier alpha value is -0.830. The molecule has 0 spiro atoms. The van der Waals surface area contributed by atoms with E-state index in [1.807, 2.05) is 18.2 Å². The first-order valence-corrected chi connectivity index (χ1v) is 7.95. The summed E-state index contributed by atoms with van der Waals surface area (Å²) in [7, 11) is 0. The minimum Gasteiger partial charge on any atom is -0.306 e. The van der Waals surface area contributed by atoms with Gasteiger partial charge in [0.25, 0.3) is 0 Å². The normalized spacial score (nSPS) is 12.4. The summed E-state index contributed by atoms with van der Waals surface area (Å²) in [6.07, 6.45) is 0. The first-order valence-electron chi connectivity index (χ1n) is 6.78. The van der Waals surface area contributed by atoms with Crippen LogP contribution in [0.3, 0.4) is 0 Å². The van der Waals surface area contributed by atoms with E-state index in [9.17, 15) is 0 Å². The van der Waals surface area contributed by atoms with Gasteiger partial charge in [-0.05, 0) is 55.3 Å². The Morgan fingerprint density at radius 1 is 1.10 bits per heavy atom. The molecular formula is C17H19BrClN. The second-order valence-corrected chi connectivity index (χ2v) is 6.31. The maximum absolute atomic E-state index is 6.16. The third-order valence-electron chi connectivity index (χ3n) is 3.41. The van der Waals surface area contributed by atoms with Crippen molar-refractivity contribution in [3.63, 3.8) is 0 Å². The van der Waals surface area contributed by atoms with Crippen LogP contribution in [0.1, 0.15) is 35.2 Å². The fourth-order valence-corrected chi connectivity index (χ4v) is 3.13. The van der Waals surface area contributed by atoms with Crippen molar-refractivity contribution in [1.29, 1.82) is 0 Å². The Morgan fingerprint density at radius 2 is 1.85 bits per heavy atom. The highest BCUT2D eigenvalue weighted by atomic mass is 79.9. The van der Waals surface area contributed by atoms with Gasteiger partial charge in [0, 0.05) is 9.50 Å². The zero-order valence-corrected chi connectivity index (χ0v) is 14.3. The smallest absolute Gasteiger partial charge is 0.0590 e. The molecular weight excluding hydrogens is 334 g/mol. The van der Waals surface area contributed by atoms with Gasteiger partial charge in [-0.25, -0.2) is 0 Å². The molecule has 1 unspecified atom stereocenters. The third kappa shape index (κ3) is 3.43. The Balaban J connectivity index is 2.53. The molecule has 0 aliphatic carbocycles. The molecule has 3 heteroatoms. The Labute approximate surface area is 134 Å². The quantitative estimate of drug-likeness (QED) is 0.775. The number of nitrogens with one attached hydrogen (secondary N) is 1. The van der Waals surface area contributed by atoms with Crippen LogP contribution in [0.5, 0.6) is 0 Å². The molecule has 0 heterocycles. The van der Waals surface area contributed by atoms with Crippen LogP contribution in [-0.2, 0) is 0 Å². The van der Waals surface area contributed by atoms with Crippen molar-refractivity contribution in [2.45, 2.75) is 26.8 Å². The number of hydrogen-bond donors (Lipinski definition) is 1. The van der Waals surface area contributed by atoms with Crippen molar-refractivity contribution in [3.05, 3.63) is 68.1 Å². The molecule has 1 atom stereocenters. The summed E-state index contributed by atoms with van der Waals surface area (Å²) in [5.41, 5.74) is 5.04. The summed E-state index contributed by atoms with van der Waals surface area (Å²) in [4.78, 5) is 0. The van der Waals surface area contributed by atoms with E-state index in [0.29, 0.717) is 0 Å². The van der Waals surface area contributed by atoms with Crippen molar-refractivity contribution in [3.8, 4) is 0 Å². The van der Waals surface area contributed by atoms with Gasteiger partial charge in [-0.15, -0.1) is 0 Å². The number of hydrogen-bond acceptors (Lipinski definition) is 1. The van der Waals surface area contributed by atoms with E-state index in [1.165, 1.54) is 22.3 Å². The van der Waals surface area contributed by atoms with Crippen LogP contribution >= 0.6 is 27.5 Å². The monoisotopic (exact) mass is 351 g/mol. The Bertz CT molecular complexity index is 610. The number of rotatable bonds is 4. The van der Waals surface area contributed by atoms with Gasteiger partial charge in [0.15, 0.2) is 0 Å². The van der Waals surface area contributed by atoms with Crippen molar-refractivity contribution in [1.82, 2.24) is 5.32 Å². The molecule has 0 radical (unpaired) electrons. The zero-order valence-electron chi connectivity index (χ0n) is 12.0. The predicted molar refractivity (Wildman–Crippen MR) is 90.6 cm³/mol. The highest BCUT2D eigenvalue weighted by Gasteiger charge is 2.18. The largest absolute Gasteiger partial charge is 0.306 e. The average molecular weight is 353 g/mol. The van der Waals surface area contributed by atoms with Gasteiger partial charge < -0.3 is 5.32 Å². The van der Waals surface area contributed by atoms with Gasteiger partial charge in [0.2, 0.25) is 0 Å². The van der Waals surface area contributed by atoms with E-state index in [4.69, 9.17) is 11.6 Å². The average Bonchev–Trinajstić information content (AvgIpc) is 2.40. The first kappa shape index (κ1) is 15.6. The molecule has 0 fully saturated rings. The van der Waals surface area contributed by atoms with E-state index >= 15 is 0 Å². The van der Waals surface area contributed by atoms with Gasteiger partial charge in [-0.3, -0.25) is 0 Å². The molecule has 0 aromatic heterocycles. The number of halogens is 2. The minimum absolute atomic E-state index is 0.147. The van der Waals surface area contributed by atoms with E-state index < -0.39 is 0 Å². The van der Waals surface area contributed by atoms with Crippen molar-refractivity contribution in [2.75, 3.05) is 6.54 Å². The van der Waals surface area contributed by atoms with Crippen molar-refractivity contribution < 1.29 is 0 Å². The molecule has 0 aliphatic rings. The van der Waals surface area contributed by atoms with Gasteiger partial charge in [0.05, 0.1) is 6.04 Å². The molecule has 2 rings (SSSR count). The second kappa shape index (κ2) is 6.75. The standard InChI is InChI=1S/C17H19BrClN/c1-4-20-17(14-7-5-11(2)9-12(14)3)15-10-13(19)6-8-16(15)18/h5-10,17,20H,4H2,1-3H3. The molecule has 1 nitrogen and oxygen atoms in total. The van der Waals surface area contributed by atoms with Crippen molar-refractivity contribution in [2.24, 2.45) is 0 Å². The van der Waals surface area contributed by atoms with E-state index in [-0.39, 0.29) is 6.04 Å². The van der Waals surface area contributed by atoms with E-state index in [0.717, 1.165) is 16.0 Å². The fraction of sp³-hybridized carbons (Fsp3) is 0.294. The lowest BCUT2D eigenvalue weighted by Gasteiger charge is -2.22. The summed E-state index contributed by atoms with van der Waals surface area (Å²) in [6, 6.07) is 12.7.